The van der Waals surface area contributed by atoms with Gasteiger partial charge in [0.05, 0.1) is 22.0 Å². The fourth-order valence-electron chi connectivity index (χ4n) is 2.13. The Morgan fingerprint density at radius 2 is 1.91 bits per heavy atom. The number of hydrogen-bond acceptors (Lipinski definition) is 4. The SMILES string of the molecule is Nc1ccnc(-c2csc(Cc3cccc(C(F)(F)F)c3)n2)c1. The molecule has 3 aromatic rings. The van der Waals surface area contributed by atoms with Crippen LogP contribution in [0.15, 0.2) is 48.0 Å². The van der Waals surface area contributed by atoms with E-state index in [9.17, 15) is 13.2 Å². The standard InChI is InChI=1S/C16H12F3N3S/c17-16(18,19)11-3-1-2-10(6-11)7-15-22-14(9-23-15)13-8-12(20)4-5-21-13/h1-6,8-9H,7H2,(H2,20,21). The van der Waals surface area contributed by atoms with E-state index in [2.05, 4.69) is 9.97 Å². The molecule has 2 N–H and O–H groups in total. The Morgan fingerprint density at radius 1 is 1.09 bits per heavy atom. The summed E-state index contributed by atoms with van der Waals surface area (Å²) < 4.78 is 38.2. The van der Waals surface area contributed by atoms with Crippen LogP contribution in [-0.4, -0.2) is 9.97 Å². The van der Waals surface area contributed by atoms with Crippen LogP contribution in [-0.2, 0) is 12.6 Å². The van der Waals surface area contributed by atoms with Crippen LogP contribution >= 0.6 is 11.3 Å². The zero-order valence-corrected chi connectivity index (χ0v) is 12.7. The minimum absolute atomic E-state index is 0.344. The van der Waals surface area contributed by atoms with Crippen LogP contribution < -0.4 is 5.73 Å². The summed E-state index contributed by atoms with van der Waals surface area (Å²) in [5, 5.41) is 2.55. The van der Waals surface area contributed by atoms with Gasteiger partial charge in [0.2, 0.25) is 0 Å². The van der Waals surface area contributed by atoms with Crippen LogP contribution in [0.3, 0.4) is 0 Å². The van der Waals surface area contributed by atoms with E-state index < -0.39 is 11.7 Å². The van der Waals surface area contributed by atoms with E-state index in [1.807, 2.05) is 5.38 Å². The molecule has 0 saturated heterocycles. The first-order valence-electron chi connectivity index (χ1n) is 6.74. The highest BCUT2D eigenvalue weighted by Crippen LogP contribution is 2.30. The maximum absolute atomic E-state index is 12.7. The Hall–Kier alpha value is -2.41. The Balaban J connectivity index is 1.82. The van der Waals surface area contributed by atoms with Gasteiger partial charge in [0.15, 0.2) is 0 Å². The summed E-state index contributed by atoms with van der Waals surface area (Å²) in [6.07, 6.45) is -2.40. The minimum atomic E-state index is -4.34. The molecule has 2 aromatic heterocycles. The Labute approximate surface area is 134 Å². The van der Waals surface area contributed by atoms with Gasteiger partial charge in [0.25, 0.3) is 0 Å². The van der Waals surface area contributed by atoms with Crippen molar-refractivity contribution in [2.75, 3.05) is 5.73 Å². The molecule has 0 fully saturated rings. The van der Waals surface area contributed by atoms with Crippen LogP contribution in [0.2, 0.25) is 0 Å². The van der Waals surface area contributed by atoms with E-state index in [4.69, 9.17) is 5.73 Å². The molecule has 0 aliphatic heterocycles. The summed E-state index contributed by atoms with van der Waals surface area (Å²) in [5.41, 5.74) is 7.54. The molecular formula is C16H12F3N3S. The van der Waals surface area contributed by atoms with E-state index in [1.165, 1.54) is 17.4 Å². The number of thiazole rings is 1. The van der Waals surface area contributed by atoms with Crippen LogP contribution in [0.5, 0.6) is 0 Å². The van der Waals surface area contributed by atoms with Crippen molar-refractivity contribution in [2.45, 2.75) is 12.6 Å². The van der Waals surface area contributed by atoms with Crippen LogP contribution in [0.1, 0.15) is 16.1 Å². The Bertz CT molecular complexity index is 827. The molecule has 0 spiro atoms. The lowest BCUT2D eigenvalue weighted by Crippen LogP contribution is -2.05. The second-order valence-electron chi connectivity index (χ2n) is 4.98. The number of rotatable bonds is 3. The molecule has 1 aromatic carbocycles. The summed E-state index contributed by atoms with van der Waals surface area (Å²) in [6.45, 7) is 0. The third-order valence-corrected chi connectivity index (χ3v) is 4.06. The smallest absolute Gasteiger partial charge is 0.399 e. The Kier molecular flexibility index (Phi) is 4.04. The molecule has 0 saturated carbocycles. The van der Waals surface area contributed by atoms with E-state index in [1.54, 1.807) is 24.4 Å². The Morgan fingerprint density at radius 3 is 2.65 bits per heavy atom. The monoisotopic (exact) mass is 335 g/mol. The number of pyridine rings is 1. The zero-order chi connectivity index (χ0) is 16.4. The van der Waals surface area contributed by atoms with Gasteiger partial charge in [-0.1, -0.05) is 18.2 Å². The van der Waals surface area contributed by atoms with Crippen molar-refractivity contribution >= 4 is 17.0 Å². The molecule has 7 heteroatoms. The van der Waals surface area contributed by atoms with Crippen molar-refractivity contribution < 1.29 is 13.2 Å². The molecule has 118 valence electrons. The van der Waals surface area contributed by atoms with Gasteiger partial charge in [0, 0.05) is 23.7 Å². The number of nitrogen functional groups attached to an aromatic ring is 1. The minimum Gasteiger partial charge on any atom is -0.399 e. The third-order valence-electron chi connectivity index (χ3n) is 3.21. The van der Waals surface area contributed by atoms with Crippen molar-refractivity contribution in [3.8, 4) is 11.4 Å². The number of benzene rings is 1. The number of nitrogens with zero attached hydrogens (tertiary/aromatic N) is 2. The van der Waals surface area contributed by atoms with Gasteiger partial charge in [-0.05, 0) is 23.8 Å². The van der Waals surface area contributed by atoms with Crippen LogP contribution in [0.4, 0.5) is 18.9 Å². The average Bonchev–Trinajstić information content (AvgIpc) is 2.95. The largest absolute Gasteiger partial charge is 0.416 e. The van der Waals surface area contributed by atoms with Crippen molar-refractivity contribution in [3.63, 3.8) is 0 Å². The van der Waals surface area contributed by atoms with Gasteiger partial charge < -0.3 is 5.73 Å². The predicted molar refractivity (Wildman–Crippen MR) is 84.0 cm³/mol. The second-order valence-corrected chi connectivity index (χ2v) is 5.92. The molecule has 0 bridgehead atoms. The highest BCUT2D eigenvalue weighted by molar-refractivity contribution is 7.10. The van der Waals surface area contributed by atoms with Gasteiger partial charge in [-0.25, -0.2) is 4.98 Å². The summed E-state index contributed by atoms with van der Waals surface area (Å²) in [7, 11) is 0. The first kappa shape index (κ1) is 15.5. The number of anilines is 1. The summed E-state index contributed by atoms with van der Waals surface area (Å²) in [6, 6.07) is 8.68. The number of alkyl halides is 3. The molecule has 0 aliphatic rings. The van der Waals surface area contributed by atoms with Crippen molar-refractivity contribution in [1.29, 1.82) is 0 Å². The van der Waals surface area contributed by atoms with Crippen molar-refractivity contribution in [1.82, 2.24) is 9.97 Å². The molecule has 2 heterocycles. The van der Waals surface area contributed by atoms with Gasteiger partial charge in [-0.15, -0.1) is 11.3 Å². The molecule has 3 nitrogen and oxygen atoms in total. The normalized spacial score (nSPS) is 11.6. The maximum atomic E-state index is 12.7. The number of halogens is 3. The molecule has 0 atom stereocenters. The molecule has 3 rings (SSSR count). The summed E-state index contributed by atoms with van der Waals surface area (Å²) >= 11 is 1.39. The molecule has 0 amide bonds. The van der Waals surface area contributed by atoms with Crippen molar-refractivity contribution in [2.24, 2.45) is 0 Å². The number of nitrogens with two attached hydrogens (primary N) is 1. The van der Waals surface area contributed by atoms with Gasteiger partial charge in [-0.3, -0.25) is 4.98 Å². The second kappa shape index (κ2) is 6.00. The molecule has 0 aliphatic carbocycles. The van der Waals surface area contributed by atoms with Gasteiger partial charge >= 0.3 is 6.18 Å². The molecule has 23 heavy (non-hydrogen) atoms. The van der Waals surface area contributed by atoms with E-state index in [0.29, 0.717) is 29.1 Å². The first-order valence-corrected chi connectivity index (χ1v) is 7.62. The third kappa shape index (κ3) is 3.68. The molecule has 0 unspecified atom stereocenters. The molecule has 0 radical (unpaired) electrons. The van der Waals surface area contributed by atoms with E-state index in [0.717, 1.165) is 17.1 Å². The fourth-order valence-corrected chi connectivity index (χ4v) is 2.95. The lowest BCUT2D eigenvalue weighted by molar-refractivity contribution is -0.137. The molecular weight excluding hydrogens is 323 g/mol. The zero-order valence-electron chi connectivity index (χ0n) is 11.8. The average molecular weight is 335 g/mol. The van der Waals surface area contributed by atoms with E-state index in [-0.39, 0.29) is 0 Å². The quantitative estimate of drug-likeness (QED) is 0.772. The van der Waals surface area contributed by atoms with Crippen LogP contribution in [0.25, 0.3) is 11.4 Å². The topological polar surface area (TPSA) is 51.8 Å². The highest BCUT2D eigenvalue weighted by atomic mass is 32.1. The predicted octanol–water partition coefficient (Wildman–Crippen LogP) is 4.40. The fraction of sp³-hybridized carbons (Fsp3) is 0.125. The summed E-state index contributed by atoms with van der Waals surface area (Å²) in [4.78, 5) is 8.62. The van der Waals surface area contributed by atoms with Gasteiger partial charge in [-0.2, -0.15) is 13.2 Å². The summed E-state index contributed by atoms with van der Waals surface area (Å²) in [5.74, 6) is 0. The highest BCUT2D eigenvalue weighted by Gasteiger charge is 2.30. The van der Waals surface area contributed by atoms with Crippen molar-refractivity contribution in [3.05, 3.63) is 64.1 Å². The number of aromatic nitrogens is 2. The van der Waals surface area contributed by atoms with Crippen LogP contribution in [0, 0.1) is 0 Å². The first-order chi connectivity index (χ1) is 10.9. The maximum Gasteiger partial charge on any atom is 0.416 e. The van der Waals surface area contributed by atoms with Gasteiger partial charge in [0.1, 0.15) is 0 Å². The number of hydrogen-bond donors (Lipinski definition) is 1. The van der Waals surface area contributed by atoms with E-state index >= 15 is 0 Å². The lowest BCUT2D eigenvalue weighted by atomic mass is 10.1. The lowest BCUT2D eigenvalue weighted by Gasteiger charge is -2.07.